The van der Waals surface area contributed by atoms with E-state index in [1.807, 2.05) is 36.6 Å². The summed E-state index contributed by atoms with van der Waals surface area (Å²) >= 11 is 1.42. The van der Waals surface area contributed by atoms with Crippen molar-refractivity contribution in [2.45, 2.75) is 38.1 Å². The Bertz CT molecular complexity index is 733. The number of aromatic nitrogens is 1. The molecular weight excluding hydrogens is 358 g/mol. The number of benzene rings is 1. The lowest BCUT2D eigenvalue weighted by molar-refractivity contribution is -0.122. The van der Waals surface area contributed by atoms with Crippen molar-refractivity contribution in [1.82, 2.24) is 4.98 Å². The summed E-state index contributed by atoms with van der Waals surface area (Å²) in [5.41, 5.74) is 7.59. The largest absolute Gasteiger partial charge is 0.496 e. The van der Waals surface area contributed by atoms with Gasteiger partial charge in [-0.1, -0.05) is 25.0 Å². The Morgan fingerprint density at radius 3 is 2.88 bits per heavy atom. The van der Waals surface area contributed by atoms with Crippen LogP contribution in [0.3, 0.4) is 0 Å². The van der Waals surface area contributed by atoms with Gasteiger partial charge in [0, 0.05) is 16.5 Å². The molecule has 2 unspecified atom stereocenters. The van der Waals surface area contributed by atoms with Crippen LogP contribution in [0.15, 0.2) is 29.6 Å². The summed E-state index contributed by atoms with van der Waals surface area (Å²) in [5, 5.41) is 5.47. The topological polar surface area (TPSA) is 77.2 Å². The molecule has 1 aliphatic carbocycles. The van der Waals surface area contributed by atoms with Crippen LogP contribution < -0.4 is 15.8 Å². The Balaban J connectivity index is 0.00000225. The zero-order chi connectivity index (χ0) is 17.2. The van der Waals surface area contributed by atoms with Gasteiger partial charge in [0.15, 0.2) is 5.13 Å². The number of para-hydroxylation sites is 1. The van der Waals surface area contributed by atoms with Gasteiger partial charge in [-0.25, -0.2) is 4.98 Å². The molecule has 1 saturated carbocycles. The van der Waals surface area contributed by atoms with Crippen molar-refractivity contribution >= 4 is 34.8 Å². The molecule has 1 amide bonds. The van der Waals surface area contributed by atoms with Crippen molar-refractivity contribution in [1.29, 1.82) is 0 Å². The SMILES string of the molecule is COc1ccccc1-c1csc(NC(=O)C2CCCCC2(C)N)n1.Cl. The van der Waals surface area contributed by atoms with Crippen molar-refractivity contribution < 1.29 is 9.53 Å². The van der Waals surface area contributed by atoms with E-state index in [-0.39, 0.29) is 24.2 Å². The summed E-state index contributed by atoms with van der Waals surface area (Å²) in [4.78, 5) is 17.1. The molecule has 5 nitrogen and oxygen atoms in total. The monoisotopic (exact) mass is 381 g/mol. The highest BCUT2D eigenvalue weighted by molar-refractivity contribution is 7.14. The van der Waals surface area contributed by atoms with Gasteiger partial charge in [0.05, 0.1) is 18.7 Å². The lowest BCUT2D eigenvalue weighted by atomic mass is 9.74. The molecule has 136 valence electrons. The first kappa shape index (κ1) is 19.7. The van der Waals surface area contributed by atoms with Crippen LogP contribution in [0.4, 0.5) is 5.13 Å². The molecular formula is C18H24ClN3O2S. The number of carbonyl (C=O) groups is 1. The average molecular weight is 382 g/mol. The first-order valence-corrected chi connectivity index (χ1v) is 9.08. The molecule has 0 bridgehead atoms. The van der Waals surface area contributed by atoms with Crippen LogP contribution in [-0.2, 0) is 4.79 Å². The summed E-state index contributed by atoms with van der Waals surface area (Å²) in [5.74, 6) is 0.577. The fourth-order valence-electron chi connectivity index (χ4n) is 3.29. The number of nitrogens with one attached hydrogen (secondary N) is 1. The Morgan fingerprint density at radius 1 is 1.40 bits per heavy atom. The number of amides is 1. The minimum absolute atomic E-state index is 0. The van der Waals surface area contributed by atoms with Gasteiger partial charge in [-0.2, -0.15) is 0 Å². The number of halogens is 1. The highest BCUT2D eigenvalue weighted by atomic mass is 35.5. The van der Waals surface area contributed by atoms with Crippen LogP contribution in [0, 0.1) is 5.92 Å². The molecule has 1 aliphatic rings. The molecule has 1 fully saturated rings. The van der Waals surface area contributed by atoms with E-state index in [0.29, 0.717) is 5.13 Å². The first-order valence-electron chi connectivity index (χ1n) is 8.20. The lowest BCUT2D eigenvalue weighted by Gasteiger charge is -2.36. The molecule has 7 heteroatoms. The number of hydrogen-bond donors (Lipinski definition) is 2. The van der Waals surface area contributed by atoms with Crippen LogP contribution in [0.2, 0.25) is 0 Å². The smallest absolute Gasteiger partial charge is 0.231 e. The van der Waals surface area contributed by atoms with Gasteiger partial charge < -0.3 is 15.8 Å². The molecule has 1 aromatic carbocycles. The van der Waals surface area contributed by atoms with Gasteiger partial charge in [-0.3, -0.25) is 4.79 Å². The minimum Gasteiger partial charge on any atom is -0.496 e. The quantitative estimate of drug-likeness (QED) is 0.836. The van der Waals surface area contributed by atoms with Crippen molar-refractivity contribution in [2.75, 3.05) is 12.4 Å². The van der Waals surface area contributed by atoms with Gasteiger partial charge in [0.1, 0.15) is 5.75 Å². The fourth-order valence-corrected chi connectivity index (χ4v) is 4.01. The molecule has 3 rings (SSSR count). The van der Waals surface area contributed by atoms with Crippen LogP contribution in [-0.4, -0.2) is 23.5 Å². The van der Waals surface area contributed by atoms with Crippen LogP contribution in [0.25, 0.3) is 11.3 Å². The number of ether oxygens (including phenoxy) is 1. The van der Waals surface area contributed by atoms with E-state index in [0.717, 1.165) is 42.7 Å². The van der Waals surface area contributed by atoms with E-state index in [1.165, 1.54) is 11.3 Å². The summed E-state index contributed by atoms with van der Waals surface area (Å²) in [6, 6.07) is 7.71. The minimum atomic E-state index is -0.439. The molecule has 0 radical (unpaired) electrons. The highest BCUT2D eigenvalue weighted by Gasteiger charge is 2.38. The zero-order valence-corrected chi connectivity index (χ0v) is 16.1. The highest BCUT2D eigenvalue weighted by Crippen LogP contribution is 2.34. The molecule has 25 heavy (non-hydrogen) atoms. The predicted octanol–water partition coefficient (Wildman–Crippen LogP) is 4.09. The second-order valence-electron chi connectivity index (χ2n) is 6.53. The summed E-state index contributed by atoms with van der Waals surface area (Å²) in [6.07, 6.45) is 3.86. The summed E-state index contributed by atoms with van der Waals surface area (Å²) in [7, 11) is 1.64. The van der Waals surface area contributed by atoms with Crippen molar-refractivity contribution in [3.63, 3.8) is 0 Å². The van der Waals surface area contributed by atoms with E-state index in [2.05, 4.69) is 10.3 Å². The lowest BCUT2D eigenvalue weighted by Crippen LogP contribution is -2.51. The maximum absolute atomic E-state index is 12.6. The van der Waals surface area contributed by atoms with E-state index >= 15 is 0 Å². The average Bonchev–Trinajstić information content (AvgIpc) is 3.02. The third kappa shape index (κ3) is 4.32. The van der Waals surface area contributed by atoms with Crippen LogP contribution in [0.1, 0.15) is 32.6 Å². The second kappa shape index (κ2) is 8.17. The number of carbonyl (C=O) groups excluding carboxylic acids is 1. The Hall–Kier alpha value is -1.63. The Labute approximate surface area is 158 Å². The maximum Gasteiger partial charge on any atom is 0.231 e. The van der Waals surface area contributed by atoms with Crippen LogP contribution >= 0.6 is 23.7 Å². The molecule has 2 atom stereocenters. The molecule has 3 N–H and O–H groups in total. The molecule has 0 aliphatic heterocycles. The van der Waals surface area contributed by atoms with Crippen molar-refractivity contribution in [3.05, 3.63) is 29.6 Å². The van der Waals surface area contributed by atoms with Gasteiger partial charge >= 0.3 is 0 Å². The van der Waals surface area contributed by atoms with E-state index in [1.54, 1.807) is 7.11 Å². The van der Waals surface area contributed by atoms with Gasteiger partial charge in [0.25, 0.3) is 0 Å². The number of rotatable bonds is 4. The number of anilines is 1. The Morgan fingerprint density at radius 2 is 2.16 bits per heavy atom. The third-order valence-electron chi connectivity index (χ3n) is 4.69. The van der Waals surface area contributed by atoms with E-state index in [9.17, 15) is 4.79 Å². The van der Waals surface area contributed by atoms with Gasteiger partial charge in [-0.05, 0) is 31.9 Å². The number of nitrogens with two attached hydrogens (primary N) is 1. The number of hydrogen-bond acceptors (Lipinski definition) is 5. The van der Waals surface area contributed by atoms with Crippen molar-refractivity contribution in [2.24, 2.45) is 11.7 Å². The second-order valence-corrected chi connectivity index (χ2v) is 7.39. The zero-order valence-electron chi connectivity index (χ0n) is 14.5. The molecule has 0 saturated heterocycles. The van der Waals surface area contributed by atoms with Gasteiger partial charge in [-0.15, -0.1) is 23.7 Å². The third-order valence-corrected chi connectivity index (χ3v) is 5.45. The summed E-state index contributed by atoms with van der Waals surface area (Å²) in [6.45, 7) is 1.97. The van der Waals surface area contributed by atoms with E-state index < -0.39 is 5.54 Å². The van der Waals surface area contributed by atoms with E-state index in [4.69, 9.17) is 10.5 Å². The standard InChI is InChI=1S/C18H23N3O2S.ClH/c1-18(19)10-6-5-8-13(18)16(22)21-17-20-14(11-24-17)12-7-3-4-9-15(12)23-2;/h3-4,7,9,11,13H,5-6,8,10,19H2,1-2H3,(H,20,21,22);1H. The van der Waals surface area contributed by atoms with Crippen LogP contribution in [0.5, 0.6) is 5.75 Å². The predicted molar refractivity (Wildman–Crippen MR) is 105 cm³/mol. The fraction of sp³-hybridized carbons (Fsp3) is 0.444. The molecule has 1 aromatic heterocycles. The number of methoxy groups -OCH3 is 1. The molecule has 0 spiro atoms. The molecule has 2 aromatic rings. The number of nitrogens with zero attached hydrogens (tertiary/aromatic N) is 1. The first-order chi connectivity index (χ1) is 11.5. The summed E-state index contributed by atoms with van der Waals surface area (Å²) < 4.78 is 5.37. The molecule has 1 heterocycles. The maximum atomic E-state index is 12.6. The van der Waals surface area contributed by atoms with Gasteiger partial charge in [0.2, 0.25) is 5.91 Å². The normalized spacial score (nSPS) is 22.8. The van der Waals surface area contributed by atoms with Crippen molar-refractivity contribution in [3.8, 4) is 17.0 Å². The number of thiazole rings is 1. The Kier molecular flexibility index (Phi) is 6.43.